The number of nitrogens with one attached hydrogen (secondary N) is 1. The van der Waals surface area contributed by atoms with Crippen molar-refractivity contribution in [2.45, 2.75) is 70.8 Å². The van der Waals surface area contributed by atoms with Crippen molar-refractivity contribution in [1.82, 2.24) is 9.62 Å². The first kappa shape index (κ1) is 17.7. The number of carbonyl (C=O) groups is 1. The predicted octanol–water partition coefficient (Wildman–Crippen LogP) is 2.28. The van der Waals surface area contributed by atoms with Crippen molar-refractivity contribution in [1.29, 1.82) is 0 Å². The lowest BCUT2D eigenvalue weighted by molar-refractivity contribution is -0.127. The molecule has 0 aromatic rings. The molecule has 0 radical (unpaired) electrons. The highest BCUT2D eigenvalue weighted by Gasteiger charge is 2.31. The highest BCUT2D eigenvalue weighted by Crippen LogP contribution is 2.22. The second-order valence-corrected chi connectivity index (χ2v) is 8.77. The summed E-state index contributed by atoms with van der Waals surface area (Å²) in [5, 5.41) is 3.17. The minimum Gasteiger partial charge on any atom is -0.353 e. The molecule has 0 atom stereocenters. The Balaban J connectivity index is 1.77. The van der Waals surface area contributed by atoms with Gasteiger partial charge in [0, 0.05) is 25.0 Å². The van der Waals surface area contributed by atoms with E-state index in [2.05, 4.69) is 5.32 Å². The first-order chi connectivity index (χ1) is 10.5. The Hall–Kier alpha value is -0.620. The van der Waals surface area contributed by atoms with Crippen molar-refractivity contribution in [3.63, 3.8) is 0 Å². The van der Waals surface area contributed by atoms with Gasteiger partial charge in [-0.25, -0.2) is 12.7 Å². The fraction of sp³-hybridized carbons (Fsp3) is 0.938. The molecule has 6 heteroatoms. The number of unbranched alkanes of at least 4 members (excludes halogenated alkanes) is 1. The number of rotatable bonds is 6. The maximum Gasteiger partial charge on any atom is 0.223 e. The van der Waals surface area contributed by atoms with E-state index >= 15 is 0 Å². The molecule has 5 nitrogen and oxygen atoms in total. The van der Waals surface area contributed by atoms with E-state index in [1.54, 1.807) is 4.31 Å². The van der Waals surface area contributed by atoms with Crippen molar-refractivity contribution in [2.75, 3.05) is 18.8 Å². The topological polar surface area (TPSA) is 66.5 Å². The van der Waals surface area contributed by atoms with Gasteiger partial charge in [0.05, 0.1) is 5.75 Å². The van der Waals surface area contributed by atoms with Gasteiger partial charge in [-0.2, -0.15) is 0 Å². The van der Waals surface area contributed by atoms with Crippen molar-refractivity contribution in [3.05, 3.63) is 0 Å². The van der Waals surface area contributed by atoms with E-state index < -0.39 is 10.0 Å². The van der Waals surface area contributed by atoms with Gasteiger partial charge < -0.3 is 5.32 Å². The maximum atomic E-state index is 12.3. The van der Waals surface area contributed by atoms with E-state index in [9.17, 15) is 13.2 Å². The van der Waals surface area contributed by atoms with Gasteiger partial charge in [0.1, 0.15) is 0 Å². The van der Waals surface area contributed by atoms with E-state index in [0.717, 1.165) is 19.3 Å². The second kappa shape index (κ2) is 8.29. The number of amides is 1. The van der Waals surface area contributed by atoms with Gasteiger partial charge in [-0.05, 0) is 32.1 Å². The molecule has 1 saturated carbocycles. The van der Waals surface area contributed by atoms with Gasteiger partial charge in [0.2, 0.25) is 15.9 Å². The highest BCUT2D eigenvalue weighted by atomic mass is 32.2. The van der Waals surface area contributed by atoms with Crippen LogP contribution in [0.25, 0.3) is 0 Å². The number of hydrogen-bond donors (Lipinski definition) is 1. The molecular formula is C16H30N2O3S. The molecule has 2 aliphatic rings. The van der Waals surface area contributed by atoms with E-state index in [1.165, 1.54) is 19.3 Å². The van der Waals surface area contributed by atoms with Crippen LogP contribution in [0.2, 0.25) is 0 Å². The Kier molecular flexibility index (Phi) is 6.68. The zero-order chi connectivity index (χ0) is 16.0. The largest absolute Gasteiger partial charge is 0.353 e. The number of piperidine rings is 1. The molecule has 0 unspecified atom stereocenters. The number of nitrogens with zero attached hydrogens (tertiary/aromatic N) is 1. The Morgan fingerprint density at radius 1 is 1.09 bits per heavy atom. The summed E-state index contributed by atoms with van der Waals surface area (Å²) in [4.78, 5) is 12.3. The standard InChI is InChI=1S/C16H30N2O3S/c1-2-3-13-22(20,21)18-11-9-14(10-12-18)16(19)17-15-7-5-4-6-8-15/h14-15H,2-13H2,1H3,(H,17,19). The molecule has 1 aliphatic carbocycles. The van der Waals surface area contributed by atoms with Gasteiger partial charge in [-0.1, -0.05) is 32.6 Å². The molecule has 0 aromatic carbocycles. The van der Waals surface area contributed by atoms with Crippen LogP contribution >= 0.6 is 0 Å². The van der Waals surface area contributed by atoms with Crippen molar-refractivity contribution in [3.8, 4) is 0 Å². The quantitative estimate of drug-likeness (QED) is 0.812. The summed E-state index contributed by atoms with van der Waals surface area (Å²) in [6, 6.07) is 0.340. The molecule has 1 N–H and O–H groups in total. The molecule has 128 valence electrons. The van der Waals surface area contributed by atoms with Crippen LogP contribution in [0, 0.1) is 5.92 Å². The highest BCUT2D eigenvalue weighted by molar-refractivity contribution is 7.89. The zero-order valence-corrected chi connectivity index (χ0v) is 14.5. The second-order valence-electron chi connectivity index (χ2n) is 6.69. The third kappa shape index (κ3) is 4.95. The van der Waals surface area contributed by atoms with Crippen LogP contribution in [0.5, 0.6) is 0 Å². The third-order valence-electron chi connectivity index (χ3n) is 4.93. The Morgan fingerprint density at radius 3 is 2.32 bits per heavy atom. The van der Waals surface area contributed by atoms with Crippen LogP contribution in [0.3, 0.4) is 0 Å². The molecule has 0 bridgehead atoms. The summed E-state index contributed by atoms with van der Waals surface area (Å²) < 4.78 is 25.9. The predicted molar refractivity (Wildman–Crippen MR) is 88.0 cm³/mol. The Labute approximate surface area is 134 Å². The fourth-order valence-electron chi connectivity index (χ4n) is 3.42. The average molecular weight is 330 g/mol. The summed E-state index contributed by atoms with van der Waals surface area (Å²) in [6.07, 6.45) is 8.79. The summed E-state index contributed by atoms with van der Waals surface area (Å²) in [5.41, 5.74) is 0. The van der Waals surface area contributed by atoms with Crippen LogP contribution in [0.15, 0.2) is 0 Å². The van der Waals surface area contributed by atoms with Crippen molar-refractivity contribution in [2.24, 2.45) is 5.92 Å². The average Bonchev–Trinajstić information content (AvgIpc) is 2.54. The molecule has 1 aliphatic heterocycles. The SMILES string of the molecule is CCCCS(=O)(=O)N1CCC(C(=O)NC2CCCCC2)CC1. The van der Waals surface area contributed by atoms with Crippen LogP contribution in [-0.2, 0) is 14.8 Å². The lowest BCUT2D eigenvalue weighted by Gasteiger charge is -2.32. The van der Waals surface area contributed by atoms with E-state index in [1.807, 2.05) is 6.92 Å². The zero-order valence-electron chi connectivity index (χ0n) is 13.7. The van der Waals surface area contributed by atoms with Crippen molar-refractivity contribution >= 4 is 15.9 Å². The lowest BCUT2D eigenvalue weighted by Crippen LogP contribution is -2.46. The molecule has 2 rings (SSSR count). The molecule has 1 heterocycles. The minimum atomic E-state index is -3.12. The van der Waals surface area contributed by atoms with Gasteiger partial charge in [0.15, 0.2) is 0 Å². The number of sulfonamides is 1. The van der Waals surface area contributed by atoms with Gasteiger partial charge in [-0.3, -0.25) is 4.79 Å². The fourth-order valence-corrected chi connectivity index (χ4v) is 5.10. The van der Waals surface area contributed by atoms with Crippen LogP contribution in [0.4, 0.5) is 0 Å². The van der Waals surface area contributed by atoms with E-state index in [4.69, 9.17) is 0 Å². The maximum absolute atomic E-state index is 12.3. The molecule has 1 amide bonds. The Morgan fingerprint density at radius 2 is 1.73 bits per heavy atom. The van der Waals surface area contributed by atoms with E-state index in [-0.39, 0.29) is 17.6 Å². The van der Waals surface area contributed by atoms with Crippen LogP contribution in [-0.4, -0.2) is 43.5 Å². The first-order valence-electron chi connectivity index (χ1n) is 8.81. The summed E-state index contributed by atoms with van der Waals surface area (Å²) in [5.74, 6) is 0.361. The molecule has 2 fully saturated rings. The van der Waals surface area contributed by atoms with Crippen molar-refractivity contribution < 1.29 is 13.2 Å². The molecular weight excluding hydrogens is 300 g/mol. The third-order valence-corrected chi connectivity index (χ3v) is 6.88. The molecule has 22 heavy (non-hydrogen) atoms. The van der Waals surface area contributed by atoms with Crippen LogP contribution in [0.1, 0.15) is 64.7 Å². The smallest absolute Gasteiger partial charge is 0.223 e. The lowest BCUT2D eigenvalue weighted by atomic mass is 9.93. The molecule has 1 saturated heterocycles. The van der Waals surface area contributed by atoms with E-state index in [0.29, 0.717) is 38.4 Å². The van der Waals surface area contributed by atoms with Crippen LogP contribution < -0.4 is 5.32 Å². The molecule has 0 spiro atoms. The molecule has 0 aromatic heterocycles. The number of carbonyl (C=O) groups excluding carboxylic acids is 1. The summed E-state index contributed by atoms with van der Waals surface area (Å²) >= 11 is 0. The summed E-state index contributed by atoms with van der Waals surface area (Å²) in [7, 11) is -3.12. The minimum absolute atomic E-state index is 0.0143. The monoisotopic (exact) mass is 330 g/mol. The summed E-state index contributed by atoms with van der Waals surface area (Å²) in [6.45, 7) is 2.99. The first-order valence-corrected chi connectivity index (χ1v) is 10.4. The Bertz CT molecular complexity index is 450. The van der Waals surface area contributed by atoms with Gasteiger partial charge >= 0.3 is 0 Å². The number of hydrogen-bond acceptors (Lipinski definition) is 3. The van der Waals surface area contributed by atoms with Gasteiger partial charge in [0.25, 0.3) is 0 Å². The normalized spacial score (nSPS) is 22.6. The van der Waals surface area contributed by atoms with Gasteiger partial charge in [-0.15, -0.1) is 0 Å².